The van der Waals surface area contributed by atoms with Crippen molar-refractivity contribution in [2.24, 2.45) is 11.7 Å². The van der Waals surface area contributed by atoms with Gasteiger partial charge in [0.15, 0.2) is 0 Å². The number of hydrogen-bond donors (Lipinski definition) is 11. The fraction of sp³-hybridized carbons (Fsp3) is 0.452. The van der Waals surface area contributed by atoms with E-state index < -0.39 is 140 Å². The van der Waals surface area contributed by atoms with Crippen LogP contribution in [0.5, 0.6) is 0 Å². The third-order valence-electron chi connectivity index (χ3n) is 9.65. The van der Waals surface area contributed by atoms with Crippen molar-refractivity contribution in [2.75, 3.05) is 6.54 Å². The van der Waals surface area contributed by atoms with E-state index in [2.05, 4.69) is 37.2 Å². The molecule has 1 fully saturated rings. The number of amides is 9. The number of nitrogens with one attached hydrogen (secondary N) is 8. The summed E-state index contributed by atoms with van der Waals surface area (Å²) in [6.07, 6.45) is -2.99. The minimum atomic E-state index is -1.90. The maximum absolute atomic E-state index is 13.9. The number of carbonyl (C=O) groups is 11. The third kappa shape index (κ3) is 17.6. The first-order chi connectivity index (χ1) is 30.2. The smallest absolute Gasteiger partial charge is 0.305 e. The molecule has 2 aromatic carbocycles. The van der Waals surface area contributed by atoms with Gasteiger partial charge >= 0.3 is 11.9 Å². The Hall–Kier alpha value is -7.23. The molecule has 22 nitrogen and oxygen atoms in total. The topological polar surface area (TPSA) is 350 Å². The van der Waals surface area contributed by atoms with Crippen molar-refractivity contribution in [3.05, 3.63) is 71.8 Å². The number of benzene rings is 2. The summed E-state index contributed by atoms with van der Waals surface area (Å²) in [7, 11) is 0. The molecule has 22 heteroatoms. The van der Waals surface area contributed by atoms with E-state index in [9.17, 15) is 63.0 Å². The van der Waals surface area contributed by atoms with Gasteiger partial charge in [0, 0.05) is 26.3 Å². The Morgan fingerprint density at radius 1 is 0.719 bits per heavy atom. The van der Waals surface area contributed by atoms with Crippen LogP contribution < -0.4 is 48.3 Å². The van der Waals surface area contributed by atoms with Crippen molar-refractivity contribution in [3.8, 4) is 0 Å². The summed E-state index contributed by atoms with van der Waals surface area (Å²) >= 11 is 0. The Labute approximate surface area is 368 Å². The van der Waals surface area contributed by atoms with Crippen molar-refractivity contribution < 1.29 is 63.0 Å². The zero-order valence-corrected chi connectivity index (χ0v) is 35.5. The predicted octanol–water partition coefficient (Wildman–Crippen LogP) is -2.72. The lowest BCUT2D eigenvalue weighted by atomic mass is 10.0. The largest absolute Gasteiger partial charge is 0.481 e. The van der Waals surface area contributed by atoms with Gasteiger partial charge < -0.3 is 53.2 Å². The summed E-state index contributed by atoms with van der Waals surface area (Å²) in [6, 6.07) is 6.15. The summed E-state index contributed by atoms with van der Waals surface area (Å²) in [6.45, 7) is 3.82. The molecule has 346 valence electrons. The lowest BCUT2D eigenvalue weighted by molar-refractivity contribution is -0.143. The Bertz CT molecular complexity index is 2030. The van der Waals surface area contributed by atoms with E-state index in [1.165, 1.54) is 6.92 Å². The number of imide groups is 1. The van der Waals surface area contributed by atoms with Gasteiger partial charge in [-0.25, -0.2) is 0 Å². The SMILES string of the molecule is CC(=O)N[C@@H](Cc1ccccc1)C(=O)NC1CCC(=O)NCC(C(=O)NC(=O)[C@H](CC(=O)O)NC(=O)[C@@H](N)Cc2ccccc2)NC(=O)C(CC(=O)O)NC(=O)C(CC(C)C)NC1=O. The highest BCUT2D eigenvalue weighted by atomic mass is 16.4. The van der Waals surface area contributed by atoms with E-state index in [-0.39, 0.29) is 25.2 Å². The first-order valence-corrected chi connectivity index (χ1v) is 20.4. The third-order valence-corrected chi connectivity index (χ3v) is 9.65. The number of carboxylic acids is 2. The van der Waals surface area contributed by atoms with Crippen LogP contribution in [-0.2, 0) is 65.6 Å². The van der Waals surface area contributed by atoms with Crippen LogP contribution in [0.15, 0.2) is 60.7 Å². The van der Waals surface area contributed by atoms with Gasteiger partial charge in [-0.05, 0) is 36.3 Å². The van der Waals surface area contributed by atoms with Crippen LogP contribution in [0.3, 0.4) is 0 Å². The van der Waals surface area contributed by atoms with E-state index in [1.54, 1.807) is 74.5 Å². The number of rotatable bonds is 17. The minimum Gasteiger partial charge on any atom is -0.481 e. The van der Waals surface area contributed by atoms with E-state index in [1.807, 2.05) is 5.32 Å². The van der Waals surface area contributed by atoms with Crippen LogP contribution in [-0.4, -0.2) is 124 Å². The van der Waals surface area contributed by atoms with Crippen molar-refractivity contribution in [1.29, 1.82) is 0 Å². The Kier molecular flexibility index (Phi) is 20.0. The molecule has 0 aromatic heterocycles. The van der Waals surface area contributed by atoms with Gasteiger partial charge in [0.05, 0.1) is 18.9 Å². The molecule has 1 aliphatic rings. The minimum absolute atomic E-state index is 0.0102. The number of carbonyl (C=O) groups excluding carboxylic acids is 9. The molecule has 9 amide bonds. The zero-order valence-electron chi connectivity index (χ0n) is 35.5. The lowest BCUT2D eigenvalue weighted by Gasteiger charge is -2.27. The molecule has 12 N–H and O–H groups in total. The Morgan fingerprint density at radius 2 is 1.30 bits per heavy atom. The fourth-order valence-electron chi connectivity index (χ4n) is 6.46. The molecule has 7 atom stereocenters. The molecule has 2 aromatic rings. The van der Waals surface area contributed by atoms with Crippen molar-refractivity contribution in [2.45, 2.75) is 108 Å². The fourth-order valence-corrected chi connectivity index (χ4v) is 6.46. The molecule has 3 rings (SSSR count). The average molecular weight is 894 g/mol. The van der Waals surface area contributed by atoms with Gasteiger partial charge in [-0.1, -0.05) is 74.5 Å². The highest BCUT2D eigenvalue weighted by Gasteiger charge is 2.36. The molecule has 4 unspecified atom stereocenters. The zero-order chi connectivity index (χ0) is 47.5. The van der Waals surface area contributed by atoms with Crippen LogP contribution >= 0.6 is 0 Å². The van der Waals surface area contributed by atoms with Gasteiger partial charge in [0.2, 0.25) is 47.3 Å². The molecule has 0 spiro atoms. The number of carboxylic acid groups (broad SMARTS) is 2. The molecule has 1 aliphatic heterocycles. The van der Waals surface area contributed by atoms with Crippen molar-refractivity contribution >= 4 is 65.1 Å². The molecule has 0 radical (unpaired) electrons. The van der Waals surface area contributed by atoms with E-state index in [4.69, 9.17) is 5.73 Å². The molecule has 0 aliphatic carbocycles. The van der Waals surface area contributed by atoms with E-state index >= 15 is 0 Å². The highest BCUT2D eigenvalue weighted by molar-refractivity contribution is 6.04. The maximum atomic E-state index is 13.9. The molecular formula is C42H55N9O13. The molecule has 0 bridgehead atoms. The van der Waals surface area contributed by atoms with Crippen LogP contribution in [0.2, 0.25) is 0 Å². The summed E-state index contributed by atoms with van der Waals surface area (Å²) in [5.74, 6) is -12.5. The second-order valence-corrected chi connectivity index (χ2v) is 15.6. The van der Waals surface area contributed by atoms with E-state index in [0.717, 1.165) is 0 Å². The average Bonchev–Trinajstić information content (AvgIpc) is 3.22. The van der Waals surface area contributed by atoms with E-state index in [0.29, 0.717) is 11.1 Å². The van der Waals surface area contributed by atoms with Crippen LogP contribution in [0.4, 0.5) is 0 Å². The van der Waals surface area contributed by atoms with Crippen molar-refractivity contribution in [3.63, 3.8) is 0 Å². The summed E-state index contributed by atoms with van der Waals surface area (Å²) in [4.78, 5) is 144. The van der Waals surface area contributed by atoms with Crippen LogP contribution in [0.25, 0.3) is 0 Å². The normalized spacial score (nSPS) is 19.9. The van der Waals surface area contributed by atoms with Crippen molar-refractivity contribution in [1.82, 2.24) is 42.5 Å². The molecule has 0 saturated carbocycles. The summed E-state index contributed by atoms with van der Waals surface area (Å²) in [5, 5.41) is 37.7. The number of aliphatic carboxylic acids is 2. The van der Waals surface area contributed by atoms with Gasteiger partial charge in [-0.2, -0.15) is 0 Å². The van der Waals surface area contributed by atoms with Gasteiger partial charge in [0.1, 0.15) is 36.3 Å². The predicted molar refractivity (Wildman–Crippen MR) is 225 cm³/mol. The summed E-state index contributed by atoms with van der Waals surface area (Å²) < 4.78 is 0. The molecular weight excluding hydrogens is 839 g/mol. The lowest BCUT2D eigenvalue weighted by Crippen LogP contribution is -2.61. The van der Waals surface area contributed by atoms with Gasteiger partial charge in [0.25, 0.3) is 5.91 Å². The summed E-state index contributed by atoms with van der Waals surface area (Å²) in [5.41, 5.74) is 7.33. The molecule has 64 heavy (non-hydrogen) atoms. The maximum Gasteiger partial charge on any atom is 0.305 e. The number of hydrogen-bond acceptors (Lipinski definition) is 12. The highest BCUT2D eigenvalue weighted by Crippen LogP contribution is 2.11. The monoisotopic (exact) mass is 893 g/mol. The second-order valence-electron chi connectivity index (χ2n) is 15.6. The standard InChI is InChI=1S/C42H55N9O13/c1-22(2)16-28-38(60)49-30(19-34(54)55)40(62)50-32(42(64)51-41(63)31(20-35(56)57)47-36(58)26(43)17-24-10-6-4-7-11-24)21-44-33(53)15-14-27(37(59)48-28)46-39(61)29(45-23(3)52)18-25-12-8-5-9-13-25/h4-13,22,26-32H,14-21,43H2,1-3H3,(H,44,53)(H,45,52)(H,46,61)(H,47,58)(H,48,59)(H,49,60)(H,50,62)(H,54,55)(H,56,57)(H,51,63,64)/t26-,27?,28?,29-,30?,31-,32?/m0/s1. The molecule has 1 saturated heterocycles. The Morgan fingerprint density at radius 3 is 1.86 bits per heavy atom. The second kappa shape index (κ2) is 25.0. The number of nitrogens with two attached hydrogens (primary N) is 1. The first-order valence-electron chi connectivity index (χ1n) is 20.4. The van der Waals surface area contributed by atoms with Gasteiger partial charge in [-0.3, -0.25) is 58.1 Å². The quantitative estimate of drug-likeness (QED) is 0.0769. The van der Waals surface area contributed by atoms with Crippen LogP contribution in [0.1, 0.15) is 64.0 Å². The molecule has 1 heterocycles. The van der Waals surface area contributed by atoms with Crippen LogP contribution in [0, 0.1) is 5.92 Å². The van der Waals surface area contributed by atoms with Gasteiger partial charge in [-0.15, -0.1) is 0 Å². The Balaban J connectivity index is 1.92. The first kappa shape index (κ1) is 51.1.